The quantitative estimate of drug-likeness (QED) is 0.281. The molecule has 5 fully saturated rings. The number of carbonyl (C=O) groups excluding carboxylic acids is 3. The Morgan fingerprint density at radius 1 is 0.788 bits per heavy atom. The van der Waals surface area contributed by atoms with Crippen LogP contribution in [0.1, 0.15) is 132 Å². The number of hydrogen-bond acceptors (Lipinski definition) is 6. The fraction of sp³-hybridized carbons (Fsp3) is 0.733. The van der Waals surface area contributed by atoms with E-state index in [9.17, 15) is 24.3 Å². The molecule has 1 N–H and O–H groups in total. The van der Waals surface area contributed by atoms with Crippen LogP contribution in [0.25, 0.3) is 0 Å². The first-order valence-electron chi connectivity index (χ1n) is 20.2. The number of ketones is 1. The highest BCUT2D eigenvalue weighted by Gasteiger charge is 2.71. The van der Waals surface area contributed by atoms with Gasteiger partial charge in [-0.15, -0.1) is 0 Å². The summed E-state index contributed by atoms with van der Waals surface area (Å²) in [5.41, 5.74) is 0.924. The number of Topliss-reactive ketones (excluding diaryl/α,β-unsaturated/α-hetero) is 1. The van der Waals surface area contributed by atoms with Crippen LogP contribution in [0.15, 0.2) is 41.5 Å². The van der Waals surface area contributed by atoms with Crippen LogP contribution >= 0.6 is 0 Å². The molecular formula is C45H62O7. The second kappa shape index (κ2) is 12.3. The largest absolute Gasteiger partial charge is 0.481 e. The summed E-state index contributed by atoms with van der Waals surface area (Å²) in [6.07, 6.45) is 7.62. The van der Waals surface area contributed by atoms with E-state index in [4.69, 9.17) is 9.47 Å². The first kappa shape index (κ1) is 37.4. The van der Waals surface area contributed by atoms with Crippen molar-refractivity contribution >= 4 is 23.7 Å². The fourth-order valence-corrected chi connectivity index (χ4v) is 13.8. The standard InChI is InChI=1S/C45H62O7/c1-26(2)35-31(46)24-45(39(49)50)22-21-43(8)28(36(35)45)15-16-33-42(7)19-18-34(41(5,6)32(42)17-20-44(33,43)9)52-38(48)30-23-29(40(30,3)4)37(47)51-25-27-13-11-10-12-14-27/h10-14,26,28-30,32-34H,15-25H2,1-9H3,(H,49,50)/t28-,29+,30-,32+,33-,34+,42+,43-,44-,45-/m1/s1. The zero-order valence-electron chi connectivity index (χ0n) is 33.1. The van der Waals surface area contributed by atoms with E-state index in [0.717, 1.165) is 61.7 Å². The average Bonchev–Trinajstić information content (AvgIpc) is 3.39. The second-order valence-electron chi connectivity index (χ2n) is 20.1. The summed E-state index contributed by atoms with van der Waals surface area (Å²) in [6.45, 7) is 20.4. The molecular weight excluding hydrogens is 652 g/mol. The van der Waals surface area contributed by atoms with Crippen LogP contribution in [0, 0.1) is 68.0 Å². The summed E-state index contributed by atoms with van der Waals surface area (Å²) in [5.74, 6) is -0.895. The van der Waals surface area contributed by atoms with Crippen molar-refractivity contribution in [3.63, 3.8) is 0 Å². The number of carbonyl (C=O) groups is 4. The molecule has 10 atom stereocenters. The van der Waals surface area contributed by atoms with Crippen LogP contribution < -0.4 is 0 Å². The number of rotatable bonds is 7. The maximum Gasteiger partial charge on any atom is 0.314 e. The van der Waals surface area contributed by atoms with Gasteiger partial charge in [-0.05, 0) is 120 Å². The van der Waals surface area contributed by atoms with E-state index in [1.54, 1.807) is 0 Å². The van der Waals surface area contributed by atoms with Gasteiger partial charge in [0.05, 0.1) is 17.3 Å². The molecule has 1 aromatic carbocycles. The van der Waals surface area contributed by atoms with Gasteiger partial charge in [0.25, 0.3) is 0 Å². The van der Waals surface area contributed by atoms with Crippen molar-refractivity contribution in [3.05, 3.63) is 47.0 Å². The maximum absolute atomic E-state index is 13.9. The van der Waals surface area contributed by atoms with Gasteiger partial charge in [0.2, 0.25) is 0 Å². The third kappa shape index (κ3) is 5.08. The van der Waals surface area contributed by atoms with Crippen molar-refractivity contribution < 1.29 is 33.8 Å². The number of aliphatic carboxylic acids is 1. The van der Waals surface area contributed by atoms with Crippen molar-refractivity contribution in [1.82, 2.24) is 0 Å². The SMILES string of the molecule is CC(C)C1=C2[C@H]3CC[C@@H]4[C@@]5(C)CC[C@H](OC(=O)[C@H]6C[C@@H](C(=O)OCc7ccccc7)C6(C)C)C(C)(C)[C@@H]5CC[C@@]4(C)[C@]3(C)CC[C@@]2(C(=O)O)CC1=O. The third-order valence-electron chi connectivity index (χ3n) is 17.1. The van der Waals surface area contributed by atoms with E-state index >= 15 is 0 Å². The minimum Gasteiger partial charge on any atom is -0.481 e. The van der Waals surface area contributed by atoms with Gasteiger partial charge in [-0.25, -0.2) is 0 Å². The monoisotopic (exact) mass is 714 g/mol. The lowest BCUT2D eigenvalue weighted by Gasteiger charge is -2.72. The number of esters is 2. The Kier molecular flexibility index (Phi) is 8.82. The highest BCUT2D eigenvalue weighted by atomic mass is 16.5. The van der Waals surface area contributed by atoms with Crippen LogP contribution in [0.3, 0.4) is 0 Å². The van der Waals surface area contributed by atoms with Gasteiger partial charge in [-0.3, -0.25) is 19.2 Å². The molecule has 52 heavy (non-hydrogen) atoms. The predicted octanol–water partition coefficient (Wildman–Crippen LogP) is 9.37. The first-order chi connectivity index (χ1) is 24.3. The lowest BCUT2D eigenvalue weighted by Crippen LogP contribution is -2.66. The lowest BCUT2D eigenvalue weighted by molar-refractivity contribution is -0.236. The van der Waals surface area contributed by atoms with E-state index in [-0.39, 0.29) is 82.2 Å². The topological polar surface area (TPSA) is 107 Å². The molecule has 0 unspecified atom stereocenters. The molecule has 0 aliphatic heterocycles. The van der Waals surface area contributed by atoms with Crippen LogP contribution in [0.4, 0.5) is 0 Å². The van der Waals surface area contributed by atoms with Crippen LogP contribution in [0.2, 0.25) is 0 Å². The van der Waals surface area contributed by atoms with Gasteiger partial charge < -0.3 is 14.6 Å². The van der Waals surface area contributed by atoms with Gasteiger partial charge in [-0.1, -0.05) is 92.6 Å². The number of allylic oxidation sites excluding steroid dienone is 1. The van der Waals surface area contributed by atoms with E-state index < -0.39 is 16.8 Å². The number of carboxylic acids is 1. The van der Waals surface area contributed by atoms with Gasteiger partial charge in [0, 0.05) is 11.8 Å². The van der Waals surface area contributed by atoms with Crippen LogP contribution in [-0.4, -0.2) is 34.9 Å². The van der Waals surface area contributed by atoms with Crippen molar-refractivity contribution in [2.24, 2.45) is 68.0 Å². The molecule has 0 amide bonds. The predicted molar refractivity (Wildman–Crippen MR) is 199 cm³/mol. The number of hydrogen-bond donors (Lipinski definition) is 1. The van der Waals surface area contributed by atoms with E-state index in [1.165, 1.54) is 0 Å². The van der Waals surface area contributed by atoms with Gasteiger partial charge in [0.1, 0.15) is 12.7 Å². The molecule has 7 nitrogen and oxygen atoms in total. The van der Waals surface area contributed by atoms with E-state index in [0.29, 0.717) is 24.7 Å². The molecule has 0 heterocycles. The highest BCUT2D eigenvalue weighted by Crippen LogP contribution is 2.77. The average molecular weight is 715 g/mol. The molecule has 284 valence electrons. The fourth-order valence-electron chi connectivity index (χ4n) is 13.8. The van der Waals surface area contributed by atoms with Crippen molar-refractivity contribution in [3.8, 4) is 0 Å². The number of ether oxygens (including phenoxy) is 2. The summed E-state index contributed by atoms with van der Waals surface area (Å²) >= 11 is 0. The molecule has 6 aliphatic rings. The molecule has 0 spiro atoms. The highest BCUT2D eigenvalue weighted by molar-refractivity contribution is 6.05. The molecule has 5 saturated carbocycles. The number of benzene rings is 1. The maximum atomic E-state index is 13.9. The minimum absolute atomic E-state index is 0.00619. The molecule has 7 heteroatoms. The Morgan fingerprint density at radius 3 is 2.10 bits per heavy atom. The molecule has 0 aromatic heterocycles. The van der Waals surface area contributed by atoms with Crippen molar-refractivity contribution in [1.29, 1.82) is 0 Å². The normalized spacial score (nSPS) is 41.5. The zero-order valence-corrected chi connectivity index (χ0v) is 33.1. The number of fused-ring (bicyclic) bond motifs is 7. The summed E-state index contributed by atoms with van der Waals surface area (Å²) in [5, 5.41) is 10.7. The Balaban J connectivity index is 1.07. The summed E-state index contributed by atoms with van der Waals surface area (Å²) in [6, 6.07) is 9.67. The molecule has 7 rings (SSSR count). The Bertz CT molecular complexity index is 1690. The molecule has 0 bridgehead atoms. The van der Waals surface area contributed by atoms with E-state index in [2.05, 4.69) is 48.5 Å². The molecule has 0 radical (unpaired) electrons. The lowest BCUT2D eigenvalue weighted by atomic mass is 9.33. The summed E-state index contributed by atoms with van der Waals surface area (Å²) in [7, 11) is 0. The number of carboxylic acid groups (broad SMARTS) is 1. The van der Waals surface area contributed by atoms with Crippen molar-refractivity contribution in [2.45, 2.75) is 139 Å². The Morgan fingerprint density at radius 2 is 1.46 bits per heavy atom. The van der Waals surface area contributed by atoms with Gasteiger partial charge >= 0.3 is 17.9 Å². The first-order valence-corrected chi connectivity index (χ1v) is 20.2. The van der Waals surface area contributed by atoms with Crippen molar-refractivity contribution in [2.75, 3.05) is 0 Å². The summed E-state index contributed by atoms with van der Waals surface area (Å²) < 4.78 is 12.2. The smallest absolute Gasteiger partial charge is 0.314 e. The third-order valence-corrected chi connectivity index (χ3v) is 17.1. The summed E-state index contributed by atoms with van der Waals surface area (Å²) in [4.78, 5) is 53.4. The van der Waals surface area contributed by atoms with Gasteiger partial charge in [0.15, 0.2) is 5.78 Å². The molecule has 6 aliphatic carbocycles. The zero-order chi connectivity index (χ0) is 37.8. The van der Waals surface area contributed by atoms with Gasteiger partial charge in [-0.2, -0.15) is 0 Å². The minimum atomic E-state index is -1.04. The molecule has 0 saturated heterocycles. The Hall–Kier alpha value is -2.96. The Labute approximate surface area is 311 Å². The van der Waals surface area contributed by atoms with Crippen LogP contribution in [0.5, 0.6) is 0 Å². The van der Waals surface area contributed by atoms with E-state index in [1.807, 2.05) is 44.2 Å². The molecule has 1 aromatic rings. The second-order valence-corrected chi connectivity index (χ2v) is 20.1. The van der Waals surface area contributed by atoms with Crippen LogP contribution in [-0.2, 0) is 35.3 Å².